The number of hydrogen-bond donors (Lipinski definition) is 2. The Labute approximate surface area is 146 Å². The van der Waals surface area contributed by atoms with Gasteiger partial charge in [-0.1, -0.05) is 51.2 Å². The van der Waals surface area contributed by atoms with Crippen molar-refractivity contribution >= 4 is 24.2 Å². The first-order chi connectivity index (χ1) is 10.2. The maximum Gasteiger partial charge on any atom is 0.0940 e. The molecule has 0 radical (unpaired) electrons. The zero-order valence-corrected chi connectivity index (χ0v) is 15.8. The molecule has 2 unspecified atom stereocenters. The molecular formula is C18H32ClNOS. The van der Waals surface area contributed by atoms with E-state index in [9.17, 15) is 5.11 Å². The Bertz CT molecular complexity index is 372. The summed E-state index contributed by atoms with van der Waals surface area (Å²) in [5.74, 6) is 0. The minimum absolute atomic E-state index is 0. The second kappa shape index (κ2) is 13.2. The molecule has 1 aromatic carbocycles. The van der Waals surface area contributed by atoms with E-state index in [4.69, 9.17) is 0 Å². The van der Waals surface area contributed by atoms with Gasteiger partial charge in [0.05, 0.1) is 6.10 Å². The molecule has 0 aliphatic rings. The van der Waals surface area contributed by atoms with Gasteiger partial charge >= 0.3 is 0 Å². The van der Waals surface area contributed by atoms with Crippen LogP contribution < -0.4 is 5.32 Å². The first-order valence-corrected chi connectivity index (χ1v) is 9.47. The van der Waals surface area contributed by atoms with Crippen molar-refractivity contribution in [2.75, 3.05) is 12.8 Å². The molecule has 0 saturated heterocycles. The molecule has 22 heavy (non-hydrogen) atoms. The van der Waals surface area contributed by atoms with Gasteiger partial charge in [0.15, 0.2) is 0 Å². The van der Waals surface area contributed by atoms with E-state index < -0.39 is 6.10 Å². The van der Waals surface area contributed by atoms with Crippen LogP contribution in [0.3, 0.4) is 0 Å². The van der Waals surface area contributed by atoms with Gasteiger partial charge in [-0.2, -0.15) is 0 Å². The predicted octanol–water partition coefficient (Wildman–Crippen LogP) is 5.20. The molecule has 0 bridgehead atoms. The summed E-state index contributed by atoms with van der Waals surface area (Å²) in [6, 6.07) is 8.30. The lowest BCUT2D eigenvalue weighted by Gasteiger charge is -2.21. The third-order valence-corrected chi connectivity index (χ3v) is 4.67. The van der Waals surface area contributed by atoms with Gasteiger partial charge in [0, 0.05) is 10.9 Å². The van der Waals surface area contributed by atoms with Gasteiger partial charge in [-0.25, -0.2) is 0 Å². The van der Waals surface area contributed by atoms with Gasteiger partial charge in [0.25, 0.3) is 0 Å². The number of thioether (sulfide) groups is 1. The third-order valence-electron chi connectivity index (χ3n) is 3.93. The van der Waals surface area contributed by atoms with Gasteiger partial charge in [-0.05, 0) is 43.8 Å². The molecule has 0 saturated carbocycles. The number of nitrogens with one attached hydrogen (secondary N) is 1. The molecule has 1 rings (SSSR count). The van der Waals surface area contributed by atoms with Crippen LogP contribution in [-0.2, 0) is 0 Å². The quantitative estimate of drug-likeness (QED) is 0.427. The van der Waals surface area contributed by atoms with Crippen LogP contribution >= 0.6 is 24.2 Å². The summed E-state index contributed by atoms with van der Waals surface area (Å²) >= 11 is 1.73. The molecule has 4 heteroatoms. The highest BCUT2D eigenvalue weighted by atomic mass is 35.5. The fourth-order valence-corrected chi connectivity index (χ4v) is 2.84. The minimum atomic E-state index is -0.430. The number of unbranched alkanes of at least 4 members (excludes halogenated alkanes) is 5. The maximum atomic E-state index is 10.4. The number of benzene rings is 1. The number of rotatable bonds is 11. The van der Waals surface area contributed by atoms with E-state index in [1.807, 2.05) is 12.1 Å². The van der Waals surface area contributed by atoms with Crippen molar-refractivity contribution in [3.8, 4) is 0 Å². The van der Waals surface area contributed by atoms with Crippen molar-refractivity contribution in [1.82, 2.24) is 5.32 Å². The van der Waals surface area contributed by atoms with Crippen LogP contribution in [0.15, 0.2) is 29.2 Å². The normalized spacial score (nSPS) is 13.5. The highest BCUT2D eigenvalue weighted by molar-refractivity contribution is 7.98. The van der Waals surface area contributed by atoms with E-state index in [0.29, 0.717) is 0 Å². The van der Waals surface area contributed by atoms with Crippen LogP contribution in [0.25, 0.3) is 0 Å². The van der Waals surface area contributed by atoms with E-state index >= 15 is 0 Å². The van der Waals surface area contributed by atoms with E-state index in [2.05, 4.69) is 37.6 Å². The maximum absolute atomic E-state index is 10.4. The molecule has 2 N–H and O–H groups in total. The zero-order valence-electron chi connectivity index (χ0n) is 14.2. The Morgan fingerprint density at radius 3 is 2.23 bits per heavy atom. The Balaban J connectivity index is 0.00000441. The van der Waals surface area contributed by atoms with Crippen LogP contribution in [0.1, 0.15) is 64.0 Å². The van der Waals surface area contributed by atoms with E-state index in [-0.39, 0.29) is 18.4 Å². The highest BCUT2D eigenvalue weighted by Crippen LogP contribution is 2.21. The van der Waals surface area contributed by atoms with Gasteiger partial charge in [-0.15, -0.1) is 24.2 Å². The summed E-state index contributed by atoms with van der Waals surface area (Å²) in [6.07, 6.45) is 9.48. The van der Waals surface area contributed by atoms with Crippen molar-refractivity contribution in [1.29, 1.82) is 0 Å². The summed E-state index contributed by atoms with van der Waals surface area (Å²) in [6.45, 7) is 5.30. The number of aliphatic hydroxyl groups excluding tert-OH is 1. The lowest BCUT2D eigenvalue weighted by Crippen LogP contribution is -2.32. The Kier molecular flexibility index (Phi) is 13.1. The first kappa shape index (κ1) is 21.8. The first-order valence-electron chi connectivity index (χ1n) is 8.24. The molecule has 128 valence electrons. The number of hydrogen-bond acceptors (Lipinski definition) is 3. The lowest BCUT2D eigenvalue weighted by molar-refractivity contribution is 0.136. The zero-order chi connectivity index (χ0) is 15.5. The van der Waals surface area contributed by atoms with Crippen molar-refractivity contribution in [2.45, 2.75) is 69.4 Å². The smallest absolute Gasteiger partial charge is 0.0940 e. The molecule has 0 heterocycles. The monoisotopic (exact) mass is 345 g/mol. The van der Waals surface area contributed by atoms with Crippen LogP contribution in [0, 0.1) is 0 Å². The van der Waals surface area contributed by atoms with Crippen molar-refractivity contribution in [3.63, 3.8) is 0 Å². The average molecular weight is 346 g/mol. The molecule has 1 aromatic rings. The standard InChI is InChI=1S/C18H31NOS.ClH/c1-4-5-6-7-8-9-14-19-15(2)18(20)16-10-12-17(21-3)13-11-16;/h10-13,15,18-20H,4-9,14H2,1-3H3;1H. The second-order valence-corrected chi connectivity index (χ2v) is 6.61. The van der Waals surface area contributed by atoms with Crippen LogP contribution in [0.2, 0.25) is 0 Å². The molecular weight excluding hydrogens is 314 g/mol. The van der Waals surface area contributed by atoms with E-state index in [0.717, 1.165) is 12.1 Å². The highest BCUT2D eigenvalue weighted by Gasteiger charge is 2.15. The SMILES string of the molecule is CCCCCCCCNC(C)C(O)c1ccc(SC)cc1.Cl. The molecule has 0 aliphatic heterocycles. The third kappa shape index (κ3) is 8.42. The topological polar surface area (TPSA) is 32.3 Å². The lowest BCUT2D eigenvalue weighted by atomic mass is 10.0. The largest absolute Gasteiger partial charge is 0.387 e. The fourth-order valence-electron chi connectivity index (χ4n) is 2.44. The fraction of sp³-hybridized carbons (Fsp3) is 0.667. The Hall–Kier alpha value is -0.220. The minimum Gasteiger partial charge on any atom is -0.387 e. The molecule has 2 atom stereocenters. The van der Waals surface area contributed by atoms with Crippen molar-refractivity contribution < 1.29 is 5.11 Å². The summed E-state index contributed by atoms with van der Waals surface area (Å²) in [7, 11) is 0. The number of halogens is 1. The van der Waals surface area contributed by atoms with Gasteiger partial charge < -0.3 is 10.4 Å². The van der Waals surface area contributed by atoms with Gasteiger partial charge in [0.2, 0.25) is 0 Å². The van der Waals surface area contributed by atoms with Crippen molar-refractivity contribution in [2.24, 2.45) is 0 Å². The molecule has 0 aromatic heterocycles. The Morgan fingerprint density at radius 1 is 1.05 bits per heavy atom. The van der Waals surface area contributed by atoms with Gasteiger partial charge in [0.1, 0.15) is 0 Å². The van der Waals surface area contributed by atoms with E-state index in [1.54, 1.807) is 11.8 Å². The molecule has 2 nitrogen and oxygen atoms in total. The predicted molar refractivity (Wildman–Crippen MR) is 101 cm³/mol. The van der Waals surface area contributed by atoms with Crippen molar-refractivity contribution in [3.05, 3.63) is 29.8 Å². The Morgan fingerprint density at radius 2 is 1.64 bits per heavy atom. The molecule has 0 aliphatic carbocycles. The molecule has 0 fully saturated rings. The summed E-state index contributed by atoms with van der Waals surface area (Å²) in [4.78, 5) is 1.23. The average Bonchev–Trinajstić information content (AvgIpc) is 2.53. The molecule has 0 spiro atoms. The summed E-state index contributed by atoms with van der Waals surface area (Å²) in [5, 5.41) is 13.8. The number of aliphatic hydroxyl groups is 1. The van der Waals surface area contributed by atoms with Crippen LogP contribution in [0.4, 0.5) is 0 Å². The van der Waals surface area contributed by atoms with E-state index in [1.165, 1.54) is 43.4 Å². The molecule has 0 amide bonds. The van der Waals surface area contributed by atoms with Crippen LogP contribution in [0.5, 0.6) is 0 Å². The second-order valence-electron chi connectivity index (χ2n) is 5.73. The summed E-state index contributed by atoms with van der Waals surface area (Å²) in [5.41, 5.74) is 0.996. The van der Waals surface area contributed by atoms with Gasteiger partial charge in [-0.3, -0.25) is 0 Å². The summed E-state index contributed by atoms with van der Waals surface area (Å²) < 4.78 is 0. The van der Waals surface area contributed by atoms with Crippen LogP contribution in [-0.4, -0.2) is 23.9 Å².